The molecule has 7 amide bonds. The molecule has 9 heterocycles. The number of rotatable bonds is 18. The van der Waals surface area contributed by atoms with Crippen molar-refractivity contribution in [3.63, 3.8) is 0 Å². The SMILES string of the molecule is CNC(=O)[C@@H](NC(=O)c1nc(-c2ccc(Cl)cc2F)n2c1CCOCC2)C(C)(C)C.CNC(=O)[C@@H](NC(=O)c1nc(-c2ccccc2)n2c1COCCC2)C(C)(C)C.CNC(=O)[C@@H](NC(=O)c1nc(CCC(C)(C)O)n2c1CCOCC2)C(C)(C)C.Cc1noc([C@@H](NC(=O)c2nc(-c3ccc(F)c(F)c3)n3c2CCOCC3)C(C)(C)C)n1. The van der Waals surface area contributed by atoms with Crippen LogP contribution in [0.2, 0.25) is 5.02 Å². The lowest BCUT2D eigenvalue weighted by Gasteiger charge is -2.29. The lowest BCUT2D eigenvalue weighted by atomic mass is 9.86. The van der Waals surface area contributed by atoms with Gasteiger partial charge >= 0.3 is 0 Å². The van der Waals surface area contributed by atoms with Crippen LogP contribution in [0, 0.1) is 46.0 Å². The van der Waals surface area contributed by atoms with E-state index in [0.29, 0.717) is 156 Å². The summed E-state index contributed by atoms with van der Waals surface area (Å²) in [6.07, 6.45) is 3.44. The summed E-state index contributed by atoms with van der Waals surface area (Å²) in [4.78, 5) is 112. The second-order valence-electron chi connectivity index (χ2n) is 34.2. The molecule has 0 bridgehead atoms. The van der Waals surface area contributed by atoms with Crippen molar-refractivity contribution < 1.29 is 75.3 Å². The van der Waals surface area contributed by atoms with Crippen LogP contribution in [0.15, 0.2) is 71.3 Å². The smallest absolute Gasteiger partial charge is 0.272 e. The molecule has 8 N–H and O–H groups in total. The van der Waals surface area contributed by atoms with Crippen LogP contribution in [0.1, 0.15) is 198 Å². The van der Waals surface area contributed by atoms with Crippen LogP contribution in [0.5, 0.6) is 0 Å². The Hall–Kier alpha value is -10.2. The molecule has 0 unspecified atom stereocenters. The van der Waals surface area contributed by atoms with E-state index in [2.05, 4.69) is 71.9 Å². The highest BCUT2D eigenvalue weighted by atomic mass is 35.5. The number of halogens is 4. The van der Waals surface area contributed by atoms with Gasteiger partial charge < -0.3 is 84.1 Å². The highest BCUT2D eigenvalue weighted by molar-refractivity contribution is 6.30. The van der Waals surface area contributed by atoms with Crippen molar-refractivity contribution in [2.24, 2.45) is 21.7 Å². The van der Waals surface area contributed by atoms with Crippen LogP contribution >= 0.6 is 11.6 Å². The molecule has 3 aromatic carbocycles. The average Bonchev–Trinajstić information content (AvgIpc) is 1.65. The van der Waals surface area contributed by atoms with Gasteiger partial charge in [0.2, 0.25) is 23.6 Å². The number of aliphatic hydroxyl groups is 1. The third kappa shape index (κ3) is 23.0. The van der Waals surface area contributed by atoms with Gasteiger partial charge in [0.1, 0.15) is 70.4 Å². The first kappa shape index (κ1) is 91.7. The fraction of sp³-hybridized carbons (Fsp3) is 0.536. The van der Waals surface area contributed by atoms with E-state index < -0.39 is 80.7 Å². The van der Waals surface area contributed by atoms with Crippen LogP contribution in [-0.2, 0) is 91.8 Å². The molecule has 640 valence electrons. The van der Waals surface area contributed by atoms with Gasteiger partial charge in [-0.25, -0.2) is 33.1 Å². The number of aromatic nitrogens is 10. The molecule has 0 spiro atoms. The van der Waals surface area contributed by atoms with Crippen molar-refractivity contribution >= 4 is 53.0 Å². The normalized spacial score (nSPS) is 15.4. The predicted octanol–water partition coefficient (Wildman–Crippen LogP) is 9.83. The summed E-state index contributed by atoms with van der Waals surface area (Å²) in [6.45, 7) is 34.1. The topological polar surface area (TPSA) is 371 Å². The molecule has 30 nitrogen and oxygen atoms in total. The molecule has 4 aliphatic rings. The lowest BCUT2D eigenvalue weighted by molar-refractivity contribution is -0.125. The molecular formula is C84H113ClF3N17O13. The number of carbonyl (C=O) groups is 7. The van der Waals surface area contributed by atoms with E-state index in [1.807, 2.05) is 123 Å². The predicted molar refractivity (Wildman–Crippen MR) is 436 cm³/mol. The Bertz CT molecular complexity index is 4880. The molecule has 0 fully saturated rings. The quantitative estimate of drug-likeness (QED) is 0.0396. The van der Waals surface area contributed by atoms with Crippen LogP contribution in [-0.4, -0.2) is 186 Å². The Kier molecular flexibility index (Phi) is 30.4. The second-order valence-corrected chi connectivity index (χ2v) is 34.6. The Balaban J connectivity index is 0.000000180. The largest absolute Gasteiger partial charge is 0.390 e. The average molecular weight is 1660 g/mol. The number of imidazole rings is 4. The summed E-state index contributed by atoms with van der Waals surface area (Å²) in [5, 5.41) is 33.5. The number of fused-ring (bicyclic) bond motifs is 4. The lowest BCUT2D eigenvalue weighted by Crippen LogP contribution is -2.53. The van der Waals surface area contributed by atoms with Crippen LogP contribution < -0.4 is 37.2 Å². The first-order valence-corrected chi connectivity index (χ1v) is 40.0. The van der Waals surface area contributed by atoms with Crippen LogP contribution in [0.4, 0.5) is 13.2 Å². The van der Waals surface area contributed by atoms with Gasteiger partial charge in [-0.1, -0.05) is 130 Å². The van der Waals surface area contributed by atoms with E-state index in [0.717, 1.165) is 53.7 Å². The van der Waals surface area contributed by atoms with E-state index in [9.17, 15) is 51.8 Å². The van der Waals surface area contributed by atoms with Gasteiger partial charge in [0.05, 0.1) is 80.2 Å². The summed E-state index contributed by atoms with van der Waals surface area (Å²) >= 11 is 5.88. The Morgan fingerprint density at radius 3 is 1.38 bits per heavy atom. The first-order valence-electron chi connectivity index (χ1n) is 39.6. The van der Waals surface area contributed by atoms with E-state index in [-0.39, 0.29) is 51.5 Å². The summed E-state index contributed by atoms with van der Waals surface area (Å²) in [5.41, 5.74) is 2.89. The number of hydrogen-bond donors (Lipinski definition) is 8. The number of aryl methyl sites for hydroxylation is 2. The molecule has 4 aliphatic heterocycles. The maximum atomic E-state index is 14.6. The Labute approximate surface area is 691 Å². The van der Waals surface area contributed by atoms with Crippen molar-refractivity contribution in [2.75, 3.05) is 67.4 Å². The molecular weight excluding hydrogens is 1550 g/mol. The molecule has 118 heavy (non-hydrogen) atoms. The number of benzene rings is 3. The summed E-state index contributed by atoms with van der Waals surface area (Å²) in [7, 11) is 4.65. The highest BCUT2D eigenvalue weighted by Crippen LogP contribution is 2.36. The maximum Gasteiger partial charge on any atom is 0.272 e. The maximum absolute atomic E-state index is 14.6. The van der Waals surface area contributed by atoms with Crippen molar-refractivity contribution in [2.45, 2.75) is 205 Å². The minimum atomic E-state index is -0.977. The van der Waals surface area contributed by atoms with Gasteiger partial charge in [-0.15, -0.1) is 0 Å². The first-order chi connectivity index (χ1) is 55.5. The van der Waals surface area contributed by atoms with Gasteiger partial charge in [-0.2, -0.15) is 4.98 Å². The molecule has 0 saturated heterocycles. The summed E-state index contributed by atoms with van der Waals surface area (Å²) < 4.78 is 77.4. The van der Waals surface area contributed by atoms with Gasteiger partial charge in [-0.3, -0.25) is 33.6 Å². The minimum Gasteiger partial charge on any atom is -0.390 e. The fourth-order valence-electron chi connectivity index (χ4n) is 13.9. The monoisotopic (exact) mass is 1660 g/mol. The van der Waals surface area contributed by atoms with Crippen molar-refractivity contribution in [3.8, 4) is 34.2 Å². The number of ether oxygens (including phenoxy) is 4. The number of nitrogens with zero attached hydrogens (tertiary/aromatic N) is 10. The Morgan fingerprint density at radius 1 is 0.475 bits per heavy atom. The van der Waals surface area contributed by atoms with Gasteiger partial charge in [0, 0.05) is 95.8 Å². The van der Waals surface area contributed by atoms with Gasteiger partial charge in [0.25, 0.3) is 23.6 Å². The number of carbonyl (C=O) groups excluding carboxylic acids is 7. The zero-order valence-corrected chi connectivity index (χ0v) is 71.5. The highest BCUT2D eigenvalue weighted by Gasteiger charge is 2.40. The summed E-state index contributed by atoms with van der Waals surface area (Å²) in [6, 6.07) is 15.1. The van der Waals surface area contributed by atoms with Crippen LogP contribution in [0.25, 0.3) is 34.2 Å². The number of hydrogen-bond acceptors (Lipinski definition) is 19. The minimum absolute atomic E-state index is 0.169. The third-order valence-electron chi connectivity index (χ3n) is 20.2. The standard InChI is InChI=1S/C22H25F2N5O3.C21H26ClFN4O3.C21H28N4O3.C20H34N4O4/c1-12-25-21(32-28-12)18(22(2,3)4)27-20(30)17-16-7-9-31-10-8-29(16)19(26-17)13-5-6-14(23)15(24)11-13;1-21(2,3)17(20(29)24-4)26-19(28)16-15-7-9-30-10-8-27(15)18(25-16)13-6-5-12(22)11-14(13)23;1-21(2,3)17(20(27)22-4)24-19(26)16-15-13-28-12-8-11-25(15)18(23-16)14-9-6-5-7-10-14;1-19(2,3)16(18(26)21-6)23-17(25)15-13-8-11-28-12-10-24(13)14(22-15)7-9-20(4,5)27/h5-6,11,18H,7-10H2,1-4H3,(H,27,30);5-6,11,17H,7-10H2,1-4H3,(H,24,29)(H,26,28);5-7,9-10,17H,8,11-13H2,1-4H3,(H,22,27)(H,24,26);16,27H,7-12H2,1-6H3,(H,21,26)(H,23,25)/t18-;2*17-;16-/m1111/s1. The number of likely N-dealkylation sites (N-methyl/N-ethyl adjacent to an activating group) is 3. The third-order valence-corrected chi connectivity index (χ3v) is 20.4. The molecule has 4 atom stereocenters. The van der Waals surface area contributed by atoms with Gasteiger partial charge in [-0.05, 0) is 91.7 Å². The van der Waals surface area contributed by atoms with E-state index in [1.54, 1.807) is 51.6 Å². The van der Waals surface area contributed by atoms with Gasteiger partial charge in [0.15, 0.2) is 23.2 Å². The van der Waals surface area contributed by atoms with E-state index >= 15 is 0 Å². The zero-order chi connectivity index (χ0) is 86.5. The number of nitrogens with one attached hydrogen (secondary N) is 7. The molecule has 0 aliphatic carbocycles. The number of amides is 7. The molecule has 34 heteroatoms. The van der Waals surface area contributed by atoms with Crippen LogP contribution in [0.3, 0.4) is 0 Å². The van der Waals surface area contributed by atoms with Crippen molar-refractivity contribution in [1.82, 2.24) is 85.6 Å². The fourth-order valence-corrected chi connectivity index (χ4v) is 14.0. The van der Waals surface area contributed by atoms with Crippen molar-refractivity contribution in [1.29, 1.82) is 0 Å². The second kappa shape index (κ2) is 39.1. The molecule has 5 aromatic heterocycles. The van der Waals surface area contributed by atoms with E-state index in [4.69, 9.17) is 35.1 Å². The molecule has 8 aromatic rings. The molecule has 0 radical (unpaired) electrons. The van der Waals surface area contributed by atoms with E-state index in [1.165, 1.54) is 19.2 Å². The summed E-state index contributed by atoms with van der Waals surface area (Å²) in [5.74, 6) is -1.82. The molecule has 0 saturated carbocycles. The molecule has 12 rings (SSSR count). The zero-order valence-electron chi connectivity index (χ0n) is 70.7. The van der Waals surface area contributed by atoms with Crippen molar-refractivity contribution in [3.05, 3.63) is 152 Å². The Morgan fingerprint density at radius 2 is 0.924 bits per heavy atom.